The summed E-state index contributed by atoms with van der Waals surface area (Å²) in [6.07, 6.45) is 4.16. The molecule has 1 atom stereocenters. The van der Waals surface area contributed by atoms with Crippen molar-refractivity contribution >= 4 is 35.6 Å². The Hall–Kier alpha value is -3.30. The van der Waals surface area contributed by atoms with Gasteiger partial charge in [0.1, 0.15) is 6.04 Å². The summed E-state index contributed by atoms with van der Waals surface area (Å²) in [5.74, 6) is -4.25. The van der Waals surface area contributed by atoms with Gasteiger partial charge in [-0.25, -0.2) is 4.79 Å². The Kier molecular flexibility index (Phi) is 6.10. The van der Waals surface area contributed by atoms with Gasteiger partial charge in [0.25, 0.3) is 23.6 Å². The summed E-state index contributed by atoms with van der Waals surface area (Å²) in [5.41, 5.74) is 0. The standard InChI is InChI=1S/2C7H7NO4/c1-4(7(11)12)8-5(9)2-3-6(8)10;9-5-1-2-6(10)8(5)4-3-7(11)12/h2-4H,1H3,(H,11,12);1-2H,3-4H2,(H,11,12). The number of aliphatic carboxylic acids is 2. The summed E-state index contributed by atoms with van der Waals surface area (Å²) in [5, 5.41) is 16.8. The third-order valence-corrected chi connectivity index (χ3v) is 3.04. The number of carbonyl (C=O) groups excluding carboxylic acids is 4. The van der Waals surface area contributed by atoms with Crippen LogP contribution in [0.5, 0.6) is 0 Å². The highest BCUT2D eigenvalue weighted by atomic mass is 16.4. The third-order valence-electron chi connectivity index (χ3n) is 3.04. The number of carboxylic acids is 2. The quantitative estimate of drug-likeness (QED) is 0.592. The molecule has 1 unspecified atom stereocenters. The number of hydrogen-bond donors (Lipinski definition) is 2. The van der Waals surface area contributed by atoms with Crippen LogP contribution in [0.3, 0.4) is 0 Å². The minimum Gasteiger partial charge on any atom is -0.481 e. The van der Waals surface area contributed by atoms with E-state index in [1.54, 1.807) is 0 Å². The van der Waals surface area contributed by atoms with Crippen LogP contribution in [0.15, 0.2) is 24.3 Å². The molecule has 128 valence electrons. The van der Waals surface area contributed by atoms with Crippen LogP contribution in [0.2, 0.25) is 0 Å². The first-order chi connectivity index (χ1) is 11.1. The predicted molar refractivity (Wildman–Crippen MR) is 76.2 cm³/mol. The summed E-state index contributed by atoms with van der Waals surface area (Å²) in [6.45, 7) is 1.23. The Morgan fingerprint density at radius 1 is 0.917 bits per heavy atom. The highest BCUT2D eigenvalue weighted by molar-refractivity contribution is 6.14. The van der Waals surface area contributed by atoms with Gasteiger partial charge in [0.15, 0.2) is 0 Å². The predicted octanol–water partition coefficient (Wildman–Crippen LogP) is -1.23. The summed E-state index contributed by atoms with van der Waals surface area (Å²) in [6, 6.07) is -1.10. The molecule has 0 spiro atoms. The molecular weight excluding hydrogens is 324 g/mol. The van der Waals surface area contributed by atoms with Crippen molar-refractivity contribution < 1.29 is 39.0 Å². The molecule has 10 nitrogen and oxygen atoms in total. The Balaban J connectivity index is 0.000000240. The largest absolute Gasteiger partial charge is 0.481 e. The number of imide groups is 2. The van der Waals surface area contributed by atoms with E-state index in [1.807, 2.05) is 0 Å². The summed E-state index contributed by atoms with van der Waals surface area (Å²) in [7, 11) is 0. The van der Waals surface area contributed by atoms with Gasteiger partial charge in [0.2, 0.25) is 0 Å². The molecule has 2 heterocycles. The fourth-order valence-electron chi connectivity index (χ4n) is 1.76. The molecule has 4 amide bonds. The van der Waals surface area contributed by atoms with E-state index in [-0.39, 0.29) is 13.0 Å². The zero-order valence-electron chi connectivity index (χ0n) is 12.5. The average molecular weight is 338 g/mol. The lowest BCUT2D eigenvalue weighted by atomic mass is 10.3. The maximum atomic E-state index is 10.9. The van der Waals surface area contributed by atoms with Gasteiger partial charge in [-0.05, 0) is 6.92 Å². The molecule has 2 rings (SSSR count). The Morgan fingerprint density at radius 2 is 1.33 bits per heavy atom. The Morgan fingerprint density at radius 3 is 1.71 bits per heavy atom. The van der Waals surface area contributed by atoms with Gasteiger partial charge in [-0.1, -0.05) is 0 Å². The molecule has 0 saturated carbocycles. The summed E-state index contributed by atoms with van der Waals surface area (Å²) in [4.78, 5) is 65.5. The van der Waals surface area contributed by atoms with E-state index in [2.05, 4.69) is 0 Å². The van der Waals surface area contributed by atoms with E-state index in [4.69, 9.17) is 10.2 Å². The van der Waals surface area contributed by atoms with Crippen molar-refractivity contribution in [2.75, 3.05) is 6.54 Å². The fraction of sp³-hybridized carbons (Fsp3) is 0.286. The molecule has 2 N–H and O–H groups in total. The molecule has 0 aromatic heterocycles. The SMILES string of the molecule is CC(C(=O)O)N1C(=O)C=CC1=O.O=C(O)CCN1C(=O)C=CC1=O. The summed E-state index contributed by atoms with van der Waals surface area (Å²) >= 11 is 0. The highest BCUT2D eigenvalue weighted by Gasteiger charge is 2.32. The third kappa shape index (κ3) is 4.60. The Labute approximate surface area is 135 Å². The molecule has 0 aromatic rings. The Bertz CT molecular complexity index is 628. The number of carbonyl (C=O) groups is 6. The number of amides is 4. The fourth-order valence-corrected chi connectivity index (χ4v) is 1.76. The first-order valence-corrected chi connectivity index (χ1v) is 6.68. The van der Waals surface area contributed by atoms with Crippen LogP contribution in [0, 0.1) is 0 Å². The van der Waals surface area contributed by atoms with E-state index in [0.29, 0.717) is 4.90 Å². The van der Waals surface area contributed by atoms with E-state index in [1.165, 1.54) is 6.92 Å². The maximum absolute atomic E-state index is 10.9. The van der Waals surface area contributed by atoms with Crippen LogP contribution >= 0.6 is 0 Å². The highest BCUT2D eigenvalue weighted by Crippen LogP contribution is 2.08. The molecule has 24 heavy (non-hydrogen) atoms. The number of rotatable bonds is 5. The molecule has 0 radical (unpaired) electrons. The van der Waals surface area contributed by atoms with Crippen molar-refractivity contribution in [2.24, 2.45) is 0 Å². The van der Waals surface area contributed by atoms with Gasteiger partial charge in [-0.2, -0.15) is 0 Å². The molecular formula is C14H14N2O8. The van der Waals surface area contributed by atoms with Crippen LogP contribution in [0.1, 0.15) is 13.3 Å². The average Bonchev–Trinajstić information content (AvgIpc) is 2.99. The van der Waals surface area contributed by atoms with Crippen molar-refractivity contribution in [3.05, 3.63) is 24.3 Å². The lowest BCUT2D eigenvalue weighted by Gasteiger charge is -2.17. The van der Waals surface area contributed by atoms with Crippen molar-refractivity contribution in [2.45, 2.75) is 19.4 Å². The smallest absolute Gasteiger partial charge is 0.326 e. The van der Waals surface area contributed by atoms with Gasteiger partial charge in [0, 0.05) is 30.8 Å². The zero-order chi connectivity index (χ0) is 18.4. The molecule has 2 aliphatic rings. The molecule has 0 saturated heterocycles. The molecule has 10 heteroatoms. The van der Waals surface area contributed by atoms with E-state index < -0.39 is 41.6 Å². The molecule has 0 bridgehead atoms. The topological polar surface area (TPSA) is 149 Å². The van der Waals surface area contributed by atoms with Crippen LogP contribution in [0.4, 0.5) is 0 Å². The van der Waals surface area contributed by atoms with Gasteiger partial charge in [-0.3, -0.25) is 33.8 Å². The zero-order valence-corrected chi connectivity index (χ0v) is 12.5. The van der Waals surface area contributed by atoms with E-state index in [0.717, 1.165) is 29.2 Å². The molecule has 0 aromatic carbocycles. The minimum atomic E-state index is -1.19. The second-order valence-electron chi connectivity index (χ2n) is 4.70. The maximum Gasteiger partial charge on any atom is 0.326 e. The van der Waals surface area contributed by atoms with Crippen LogP contribution in [-0.2, 0) is 28.8 Å². The molecule has 0 aliphatic carbocycles. The van der Waals surface area contributed by atoms with Gasteiger partial charge in [-0.15, -0.1) is 0 Å². The van der Waals surface area contributed by atoms with Gasteiger partial charge < -0.3 is 10.2 Å². The number of nitrogens with zero attached hydrogens (tertiary/aromatic N) is 2. The van der Waals surface area contributed by atoms with Crippen LogP contribution in [-0.4, -0.2) is 68.2 Å². The molecule has 2 aliphatic heterocycles. The van der Waals surface area contributed by atoms with Crippen molar-refractivity contribution in [1.82, 2.24) is 9.80 Å². The first kappa shape index (κ1) is 18.7. The second kappa shape index (κ2) is 7.81. The van der Waals surface area contributed by atoms with Crippen LogP contribution in [0.25, 0.3) is 0 Å². The lowest BCUT2D eigenvalue weighted by molar-refractivity contribution is -0.152. The van der Waals surface area contributed by atoms with Gasteiger partial charge in [0.05, 0.1) is 6.42 Å². The number of carboxylic acid groups (broad SMARTS) is 2. The van der Waals surface area contributed by atoms with E-state index >= 15 is 0 Å². The monoisotopic (exact) mass is 338 g/mol. The summed E-state index contributed by atoms with van der Waals surface area (Å²) < 4.78 is 0. The molecule has 0 fully saturated rings. The van der Waals surface area contributed by atoms with Gasteiger partial charge >= 0.3 is 11.9 Å². The minimum absolute atomic E-state index is 0.0556. The van der Waals surface area contributed by atoms with E-state index in [9.17, 15) is 28.8 Å². The van der Waals surface area contributed by atoms with Crippen molar-refractivity contribution in [3.63, 3.8) is 0 Å². The lowest BCUT2D eigenvalue weighted by Crippen LogP contribution is -2.42. The second-order valence-corrected chi connectivity index (χ2v) is 4.70. The van der Waals surface area contributed by atoms with Crippen molar-refractivity contribution in [3.8, 4) is 0 Å². The van der Waals surface area contributed by atoms with Crippen molar-refractivity contribution in [1.29, 1.82) is 0 Å². The number of hydrogen-bond acceptors (Lipinski definition) is 6. The first-order valence-electron chi connectivity index (χ1n) is 6.68. The normalized spacial score (nSPS) is 17.2. The van der Waals surface area contributed by atoms with Crippen LogP contribution < -0.4 is 0 Å².